The lowest BCUT2D eigenvalue weighted by molar-refractivity contribution is 0.284. The van der Waals surface area contributed by atoms with Gasteiger partial charge >= 0.3 is 0 Å². The van der Waals surface area contributed by atoms with Gasteiger partial charge in [0.15, 0.2) is 11.6 Å². The lowest BCUT2D eigenvalue weighted by atomic mass is 10.0. The van der Waals surface area contributed by atoms with Gasteiger partial charge in [-0.3, -0.25) is 0 Å². The van der Waals surface area contributed by atoms with E-state index >= 15 is 0 Å². The van der Waals surface area contributed by atoms with Crippen molar-refractivity contribution < 1.29 is 9.13 Å². The Kier molecular flexibility index (Phi) is 2.94. The molecule has 0 atom stereocenters. The van der Waals surface area contributed by atoms with Gasteiger partial charge < -0.3 is 4.74 Å². The maximum Gasteiger partial charge on any atom is 0.168 e. The highest BCUT2D eigenvalue weighted by Gasteiger charge is 2.22. The molecule has 0 aliphatic heterocycles. The number of rotatable bonds is 4. The van der Waals surface area contributed by atoms with Gasteiger partial charge in [0.05, 0.1) is 6.61 Å². The van der Waals surface area contributed by atoms with Crippen LogP contribution >= 0.6 is 0 Å². The molecule has 15 heavy (non-hydrogen) atoms. The van der Waals surface area contributed by atoms with Crippen LogP contribution in [-0.2, 0) is 0 Å². The second-order valence-corrected chi connectivity index (χ2v) is 4.57. The average molecular weight is 208 g/mol. The van der Waals surface area contributed by atoms with Crippen molar-refractivity contribution in [2.45, 2.75) is 32.6 Å². The summed E-state index contributed by atoms with van der Waals surface area (Å²) in [5, 5.41) is 0. The van der Waals surface area contributed by atoms with Crippen LogP contribution in [0.1, 0.15) is 38.2 Å². The van der Waals surface area contributed by atoms with Crippen molar-refractivity contribution in [1.82, 2.24) is 0 Å². The van der Waals surface area contributed by atoms with Gasteiger partial charge in [-0.15, -0.1) is 0 Å². The molecule has 1 saturated carbocycles. The quantitative estimate of drug-likeness (QED) is 0.732. The molecular weight excluding hydrogens is 191 g/mol. The van der Waals surface area contributed by atoms with Crippen LogP contribution in [0.4, 0.5) is 4.39 Å². The topological polar surface area (TPSA) is 9.23 Å². The summed E-state index contributed by atoms with van der Waals surface area (Å²) in [6.07, 6.45) is 2.46. The zero-order valence-corrected chi connectivity index (χ0v) is 9.29. The summed E-state index contributed by atoms with van der Waals surface area (Å²) in [7, 11) is 0. The minimum Gasteiger partial charge on any atom is -0.490 e. The van der Waals surface area contributed by atoms with Crippen LogP contribution in [0.15, 0.2) is 18.2 Å². The molecule has 0 bridgehead atoms. The summed E-state index contributed by atoms with van der Waals surface area (Å²) in [5.41, 5.74) is 0.739. The molecule has 0 radical (unpaired) electrons. The Hall–Kier alpha value is -1.05. The van der Waals surface area contributed by atoms with Crippen LogP contribution in [0.5, 0.6) is 5.75 Å². The summed E-state index contributed by atoms with van der Waals surface area (Å²) >= 11 is 0. The highest BCUT2D eigenvalue weighted by molar-refractivity contribution is 5.32. The summed E-state index contributed by atoms with van der Waals surface area (Å²) < 4.78 is 19.3. The van der Waals surface area contributed by atoms with Gasteiger partial charge in [-0.05, 0) is 36.3 Å². The molecular formula is C13H17FO. The van der Waals surface area contributed by atoms with Gasteiger partial charge in [0.1, 0.15) is 0 Å². The lowest BCUT2D eigenvalue weighted by Gasteiger charge is -2.11. The number of hydrogen-bond acceptors (Lipinski definition) is 1. The van der Waals surface area contributed by atoms with E-state index in [1.54, 1.807) is 6.07 Å². The first-order valence-electron chi connectivity index (χ1n) is 5.59. The number of benzene rings is 1. The maximum absolute atomic E-state index is 13.9. The third-order valence-electron chi connectivity index (χ3n) is 2.79. The van der Waals surface area contributed by atoms with Crippen molar-refractivity contribution in [1.29, 1.82) is 0 Å². The summed E-state index contributed by atoms with van der Waals surface area (Å²) in [6.45, 7) is 4.64. The van der Waals surface area contributed by atoms with Crippen LogP contribution in [0.3, 0.4) is 0 Å². The molecule has 0 aromatic heterocycles. The van der Waals surface area contributed by atoms with Gasteiger partial charge in [-0.2, -0.15) is 0 Å². The van der Waals surface area contributed by atoms with E-state index in [9.17, 15) is 4.39 Å². The van der Waals surface area contributed by atoms with Crippen molar-refractivity contribution >= 4 is 0 Å². The van der Waals surface area contributed by atoms with Crippen LogP contribution in [0, 0.1) is 11.7 Å². The Morgan fingerprint density at radius 1 is 1.40 bits per heavy atom. The van der Waals surface area contributed by atoms with E-state index < -0.39 is 0 Å². The van der Waals surface area contributed by atoms with Crippen molar-refractivity contribution in [3.63, 3.8) is 0 Å². The van der Waals surface area contributed by atoms with Crippen LogP contribution in [-0.4, -0.2) is 6.61 Å². The molecule has 2 rings (SSSR count). The molecule has 0 heterocycles. The lowest BCUT2D eigenvalue weighted by Crippen LogP contribution is -2.03. The molecule has 0 saturated heterocycles. The zero-order chi connectivity index (χ0) is 10.8. The first-order chi connectivity index (χ1) is 7.18. The smallest absolute Gasteiger partial charge is 0.168 e. The summed E-state index contributed by atoms with van der Waals surface area (Å²) in [4.78, 5) is 0. The molecule has 0 spiro atoms. The number of hydrogen-bond donors (Lipinski definition) is 0. The molecule has 0 amide bonds. The highest BCUT2D eigenvalue weighted by atomic mass is 19.1. The standard InChI is InChI=1S/C13H17FO/c1-9(2)11-4-3-5-12(13(11)14)15-8-10-6-7-10/h3-5,9-10H,6-8H2,1-2H3. The second-order valence-electron chi connectivity index (χ2n) is 4.57. The zero-order valence-electron chi connectivity index (χ0n) is 9.29. The fraction of sp³-hybridized carbons (Fsp3) is 0.538. The van der Waals surface area contributed by atoms with Gasteiger partial charge in [-0.25, -0.2) is 4.39 Å². The second kappa shape index (κ2) is 4.21. The molecule has 0 N–H and O–H groups in total. The Bertz CT molecular complexity index is 342. The minimum absolute atomic E-state index is 0.187. The Labute approximate surface area is 90.3 Å². The molecule has 1 aromatic carbocycles. The number of ether oxygens (including phenoxy) is 1. The molecule has 82 valence electrons. The maximum atomic E-state index is 13.9. The third-order valence-corrected chi connectivity index (χ3v) is 2.79. The van der Waals surface area contributed by atoms with E-state index in [-0.39, 0.29) is 11.7 Å². The molecule has 1 aromatic rings. The van der Waals surface area contributed by atoms with E-state index in [1.807, 2.05) is 26.0 Å². The van der Waals surface area contributed by atoms with Crippen molar-refractivity contribution in [3.05, 3.63) is 29.6 Å². The molecule has 2 heteroatoms. The van der Waals surface area contributed by atoms with Gasteiger partial charge in [0.25, 0.3) is 0 Å². The molecule has 1 aliphatic carbocycles. The Balaban J connectivity index is 2.11. The number of halogens is 1. The fourth-order valence-corrected chi connectivity index (χ4v) is 1.58. The molecule has 1 fully saturated rings. The van der Waals surface area contributed by atoms with Crippen molar-refractivity contribution in [3.8, 4) is 5.75 Å². The van der Waals surface area contributed by atoms with E-state index in [1.165, 1.54) is 12.8 Å². The molecule has 0 unspecified atom stereocenters. The SMILES string of the molecule is CC(C)c1cccc(OCC2CC2)c1F. The van der Waals surface area contributed by atoms with E-state index in [4.69, 9.17) is 4.74 Å². The van der Waals surface area contributed by atoms with Crippen molar-refractivity contribution in [2.24, 2.45) is 5.92 Å². The van der Waals surface area contributed by atoms with Gasteiger partial charge in [-0.1, -0.05) is 26.0 Å². The summed E-state index contributed by atoms with van der Waals surface area (Å²) in [6, 6.07) is 5.40. The Morgan fingerprint density at radius 3 is 2.73 bits per heavy atom. The predicted octanol–water partition coefficient (Wildman–Crippen LogP) is 3.74. The first-order valence-corrected chi connectivity index (χ1v) is 5.59. The monoisotopic (exact) mass is 208 g/mol. The van der Waals surface area contributed by atoms with Gasteiger partial charge in [0, 0.05) is 0 Å². The van der Waals surface area contributed by atoms with Crippen LogP contribution in [0.25, 0.3) is 0 Å². The largest absolute Gasteiger partial charge is 0.490 e. The molecule has 1 aliphatic rings. The summed E-state index contributed by atoms with van der Waals surface area (Å²) in [5.74, 6) is 1.09. The van der Waals surface area contributed by atoms with E-state index in [2.05, 4.69) is 0 Å². The predicted molar refractivity (Wildman–Crippen MR) is 58.7 cm³/mol. The normalized spacial score (nSPS) is 15.7. The van der Waals surface area contributed by atoms with Crippen LogP contribution in [0.2, 0.25) is 0 Å². The van der Waals surface area contributed by atoms with Crippen molar-refractivity contribution in [2.75, 3.05) is 6.61 Å². The fourth-order valence-electron chi connectivity index (χ4n) is 1.58. The van der Waals surface area contributed by atoms with Crippen LogP contribution < -0.4 is 4.74 Å². The third kappa shape index (κ3) is 2.49. The van der Waals surface area contributed by atoms with Gasteiger partial charge in [0.2, 0.25) is 0 Å². The minimum atomic E-state index is -0.187. The molecule has 1 nitrogen and oxygen atoms in total. The average Bonchev–Trinajstić information content (AvgIpc) is 2.99. The van der Waals surface area contributed by atoms with E-state index in [0.29, 0.717) is 18.3 Å². The Morgan fingerprint density at radius 2 is 2.13 bits per heavy atom. The van der Waals surface area contributed by atoms with E-state index in [0.717, 1.165) is 5.56 Å². The first kappa shape index (κ1) is 10.5. The highest BCUT2D eigenvalue weighted by Crippen LogP contribution is 2.31.